The third kappa shape index (κ3) is 6.10. The zero-order chi connectivity index (χ0) is 21.0. The van der Waals surface area contributed by atoms with Crippen LogP contribution in [0.3, 0.4) is 0 Å². The summed E-state index contributed by atoms with van der Waals surface area (Å²) in [5, 5.41) is 6.14. The van der Waals surface area contributed by atoms with Crippen LogP contribution in [0.1, 0.15) is 54.7 Å². The number of nitrogens with zero attached hydrogens (tertiary/aromatic N) is 1. The molecule has 1 amide bonds. The van der Waals surface area contributed by atoms with Crippen molar-refractivity contribution in [3.05, 3.63) is 71.0 Å². The van der Waals surface area contributed by atoms with E-state index in [2.05, 4.69) is 26.5 Å². The minimum atomic E-state index is -0.276. The van der Waals surface area contributed by atoms with Gasteiger partial charge in [-0.25, -0.2) is 20.2 Å². The van der Waals surface area contributed by atoms with Crippen molar-refractivity contribution in [3.63, 3.8) is 0 Å². The molecule has 3 rings (SSSR count). The van der Waals surface area contributed by atoms with Gasteiger partial charge in [0.25, 0.3) is 5.91 Å². The number of aliphatic imine (C=N–C) groups is 1. The van der Waals surface area contributed by atoms with Crippen LogP contribution in [-0.2, 0) is 0 Å². The molecule has 1 heterocycles. The number of carbonyl (C=O) groups is 1. The lowest BCUT2D eigenvalue weighted by molar-refractivity contribution is 0.0975. The second kappa shape index (κ2) is 8.71. The van der Waals surface area contributed by atoms with Crippen molar-refractivity contribution in [1.29, 1.82) is 0 Å². The Balaban J connectivity index is 1.72. The second-order valence-corrected chi connectivity index (χ2v) is 8.32. The lowest BCUT2D eigenvalue weighted by Crippen LogP contribution is -2.50. The van der Waals surface area contributed by atoms with Gasteiger partial charge < -0.3 is 5.32 Å². The monoisotopic (exact) mass is 397 g/mol. The zero-order valence-corrected chi connectivity index (χ0v) is 17.2. The van der Waals surface area contributed by atoms with Crippen LogP contribution in [0.2, 0.25) is 0 Å². The summed E-state index contributed by atoms with van der Waals surface area (Å²) in [4.78, 5) is 17.3. The fraction of sp³-hybridized carbons (Fsp3) is 0.364. The number of hydrogen-bond acceptors (Lipinski definition) is 4. The highest BCUT2D eigenvalue weighted by atomic mass is 19.1. The predicted molar refractivity (Wildman–Crippen MR) is 113 cm³/mol. The molecule has 0 spiro atoms. The van der Waals surface area contributed by atoms with Gasteiger partial charge in [0, 0.05) is 23.6 Å². The summed E-state index contributed by atoms with van der Waals surface area (Å²) in [7, 11) is 0. The van der Waals surface area contributed by atoms with E-state index in [9.17, 15) is 9.18 Å². The molecule has 2 aromatic carbocycles. The predicted octanol–water partition coefficient (Wildman–Crippen LogP) is 3.17. The van der Waals surface area contributed by atoms with Gasteiger partial charge in [0.05, 0.1) is 0 Å². The summed E-state index contributed by atoms with van der Waals surface area (Å²) in [6.07, 6.45) is 0.426. The Bertz CT molecular complexity index is 872. The van der Waals surface area contributed by atoms with Gasteiger partial charge >= 0.3 is 0 Å². The molecule has 2 atom stereocenters. The Morgan fingerprint density at radius 2 is 1.72 bits per heavy atom. The lowest BCUT2D eigenvalue weighted by atomic mass is 10.0. The first kappa shape index (κ1) is 21.0. The first-order valence-electron chi connectivity index (χ1n) is 9.70. The Kier molecular flexibility index (Phi) is 6.30. The molecule has 0 aliphatic carbocycles. The molecule has 0 radical (unpaired) electrons. The molecular weight excluding hydrogens is 369 g/mol. The highest BCUT2D eigenvalue weighted by molar-refractivity contribution is 6.05. The van der Waals surface area contributed by atoms with Crippen LogP contribution in [0.25, 0.3) is 0 Å². The highest BCUT2D eigenvalue weighted by Gasteiger charge is 2.26. The minimum absolute atomic E-state index is 0.00744. The molecule has 7 heteroatoms. The van der Waals surface area contributed by atoms with Crippen LogP contribution in [0, 0.1) is 12.7 Å². The van der Waals surface area contributed by atoms with Crippen LogP contribution in [0.5, 0.6) is 0 Å². The lowest BCUT2D eigenvalue weighted by Gasteiger charge is -2.24. The third-order valence-electron chi connectivity index (χ3n) is 4.48. The van der Waals surface area contributed by atoms with Crippen LogP contribution >= 0.6 is 0 Å². The molecule has 0 saturated carbocycles. The average molecular weight is 397 g/mol. The number of amides is 1. The molecule has 4 N–H and O–H groups in total. The Morgan fingerprint density at radius 3 is 2.34 bits per heavy atom. The minimum Gasteiger partial charge on any atom is -0.351 e. The van der Waals surface area contributed by atoms with Crippen LogP contribution in [0.4, 0.5) is 4.39 Å². The normalized spacial score (nSPS) is 19.8. The van der Waals surface area contributed by atoms with Gasteiger partial charge in [0.2, 0.25) is 0 Å². The van der Waals surface area contributed by atoms with Crippen molar-refractivity contribution < 1.29 is 9.18 Å². The van der Waals surface area contributed by atoms with Crippen molar-refractivity contribution in [3.8, 4) is 0 Å². The maximum absolute atomic E-state index is 13.2. The van der Waals surface area contributed by atoms with Gasteiger partial charge in [0.1, 0.15) is 12.0 Å². The van der Waals surface area contributed by atoms with Gasteiger partial charge in [-0.1, -0.05) is 29.8 Å². The first-order valence-corrected chi connectivity index (χ1v) is 9.70. The van der Waals surface area contributed by atoms with Gasteiger partial charge in [-0.3, -0.25) is 10.1 Å². The number of guanidine groups is 1. The van der Waals surface area contributed by atoms with E-state index in [1.165, 1.54) is 12.1 Å². The quantitative estimate of drug-likeness (QED) is 0.474. The average Bonchev–Trinajstić information content (AvgIpc) is 3.09. The molecular formula is C22H28FN5O. The maximum atomic E-state index is 13.2. The van der Waals surface area contributed by atoms with E-state index in [0.29, 0.717) is 17.9 Å². The molecule has 29 heavy (non-hydrogen) atoms. The van der Waals surface area contributed by atoms with Gasteiger partial charge in [-0.15, -0.1) is 0 Å². The van der Waals surface area contributed by atoms with E-state index in [-0.39, 0.29) is 29.5 Å². The molecule has 1 fully saturated rings. The Morgan fingerprint density at radius 1 is 1.07 bits per heavy atom. The summed E-state index contributed by atoms with van der Waals surface area (Å²) in [5.41, 5.74) is 8.68. The smallest absolute Gasteiger partial charge is 0.257 e. The fourth-order valence-corrected chi connectivity index (χ4v) is 3.03. The number of halogens is 1. The standard InChI is InChI=1S/C22H28FN5O/c1-14-5-7-16(8-6-14)20(29)25-21(26-22(2,3)4)24-19-13-18(27-28-19)15-9-11-17(23)12-10-15/h5-12,18-19,27-28H,13H2,1-4H3,(H2,24,25,26,29). The van der Waals surface area contributed by atoms with E-state index >= 15 is 0 Å². The van der Waals surface area contributed by atoms with Crippen molar-refractivity contribution in [2.75, 3.05) is 0 Å². The maximum Gasteiger partial charge on any atom is 0.257 e. The van der Waals surface area contributed by atoms with Crippen molar-refractivity contribution >= 4 is 11.9 Å². The number of hydrazine groups is 1. The first-order chi connectivity index (χ1) is 13.7. The Labute approximate surface area is 171 Å². The van der Waals surface area contributed by atoms with Gasteiger partial charge in [0.15, 0.2) is 5.96 Å². The van der Waals surface area contributed by atoms with E-state index in [1.54, 1.807) is 24.3 Å². The number of nitrogens with one attached hydrogen (secondary N) is 4. The van der Waals surface area contributed by atoms with E-state index < -0.39 is 0 Å². The molecule has 0 aromatic heterocycles. The number of benzene rings is 2. The molecule has 2 aromatic rings. The Hall–Kier alpha value is -2.77. The topological polar surface area (TPSA) is 77.5 Å². The summed E-state index contributed by atoms with van der Waals surface area (Å²) in [6.45, 7) is 7.98. The number of hydrogen-bond donors (Lipinski definition) is 4. The van der Waals surface area contributed by atoms with Crippen molar-refractivity contribution in [1.82, 2.24) is 21.5 Å². The van der Waals surface area contributed by atoms with Crippen LogP contribution in [-0.4, -0.2) is 23.6 Å². The number of rotatable bonds is 3. The van der Waals surface area contributed by atoms with Crippen LogP contribution in [0.15, 0.2) is 53.5 Å². The van der Waals surface area contributed by atoms with Gasteiger partial charge in [-0.05, 0) is 57.5 Å². The van der Waals surface area contributed by atoms with Crippen molar-refractivity contribution in [2.24, 2.45) is 4.99 Å². The third-order valence-corrected chi connectivity index (χ3v) is 4.48. The van der Waals surface area contributed by atoms with E-state index in [1.807, 2.05) is 39.8 Å². The molecule has 1 saturated heterocycles. The van der Waals surface area contributed by atoms with Crippen LogP contribution < -0.4 is 21.5 Å². The molecule has 154 valence electrons. The molecule has 1 aliphatic heterocycles. The summed E-state index contributed by atoms with van der Waals surface area (Å²) in [5.74, 6) is -0.0755. The molecule has 2 unspecified atom stereocenters. The highest BCUT2D eigenvalue weighted by Crippen LogP contribution is 2.23. The molecule has 6 nitrogen and oxygen atoms in total. The molecule has 1 aliphatic rings. The largest absolute Gasteiger partial charge is 0.351 e. The summed E-state index contributed by atoms with van der Waals surface area (Å²) < 4.78 is 13.2. The van der Waals surface area contributed by atoms with E-state index in [4.69, 9.17) is 0 Å². The van der Waals surface area contributed by atoms with Crippen molar-refractivity contribution in [2.45, 2.75) is 51.9 Å². The second-order valence-electron chi connectivity index (χ2n) is 8.32. The number of carbonyl (C=O) groups excluding carboxylic acids is 1. The number of aryl methyl sites for hydroxylation is 1. The summed E-state index contributed by atoms with van der Waals surface area (Å²) in [6, 6.07) is 13.8. The van der Waals surface area contributed by atoms with Gasteiger partial charge in [-0.2, -0.15) is 0 Å². The summed E-state index contributed by atoms with van der Waals surface area (Å²) >= 11 is 0. The SMILES string of the molecule is Cc1ccc(C(=O)NC(=NC2CC(c3ccc(F)cc3)NN2)NC(C)(C)C)cc1. The van der Waals surface area contributed by atoms with E-state index in [0.717, 1.165) is 11.1 Å². The fourth-order valence-electron chi connectivity index (χ4n) is 3.03. The zero-order valence-electron chi connectivity index (χ0n) is 17.2. The molecule has 0 bridgehead atoms.